The Morgan fingerprint density at radius 2 is 1.94 bits per heavy atom. The molecule has 0 spiro atoms. The maximum Gasteiger partial charge on any atom is 0.514 e. The third-order valence-corrected chi connectivity index (χ3v) is 1.95. The van der Waals surface area contributed by atoms with E-state index in [1.54, 1.807) is 18.2 Å². The molecule has 0 saturated carbocycles. The van der Waals surface area contributed by atoms with Crippen LogP contribution < -0.4 is 10.4 Å². The normalized spacial score (nSPS) is 10.2. The van der Waals surface area contributed by atoms with E-state index in [0.29, 0.717) is 5.69 Å². The van der Waals surface area contributed by atoms with Crippen molar-refractivity contribution in [2.75, 3.05) is 0 Å². The van der Waals surface area contributed by atoms with Crippen LogP contribution in [-0.4, -0.2) is 14.8 Å². The van der Waals surface area contributed by atoms with Crippen molar-refractivity contribution < 1.29 is 9.77 Å². The molecule has 8 nitrogen and oxygen atoms in total. The zero-order valence-electron chi connectivity index (χ0n) is 7.86. The summed E-state index contributed by atoms with van der Waals surface area (Å²) in [5, 5.41) is 24.0. The number of aromatic nitrogens is 3. The van der Waals surface area contributed by atoms with Crippen LogP contribution in [0.2, 0.25) is 0 Å². The number of hydrogen-bond acceptors (Lipinski definition) is 4. The minimum atomic E-state index is -1.05. The number of benzene rings is 1. The van der Waals surface area contributed by atoms with Gasteiger partial charge in [0, 0.05) is 9.72 Å². The molecule has 1 aromatic heterocycles. The molecule has 0 radical (unpaired) electrons. The summed E-state index contributed by atoms with van der Waals surface area (Å²) in [7, 11) is 0. The van der Waals surface area contributed by atoms with Gasteiger partial charge in [0.2, 0.25) is 0 Å². The molecule has 1 heterocycles. The molecule has 0 aliphatic rings. The van der Waals surface area contributed by atoms with Gasteiger partial charge in [0.25, 0.3) is 0 Å². The van der Waals surface area contributed by atoms with Crippen LogP contribution >= 0.6 is 0 Å². The van der Waals surface area contributed by atoms with Gasteiger partial charge < -0.3 is 15.3 Å². The lowest BCUT2D eigenvalue weighted by Crippen LogP contribution is -2.39. The van der Waals surface area contributed by atoms with Crippen LogP contribution in [0.25, 0.3) is 5.69 Å². The van der Waals surface area contributed by atoms with Gasteiger partial charge in [-0.25, -0.2) is 4.79 Å². The van der Waals surface area contributed by atoms with Crippen molar-refractivity contribution in [3.8, 4) is 5.69 Å². The van der Waals surface area contributed by atoms with Crippen LogP contribution in [0, 0.1) is 15.3 Å². The second kappa shape index (κ2) is 3.50. The molecule has 82 valence electrons. The molecule has 1 N–H and O–H groups in total. The van der Waals surface area contributed by atoms with Crippen molar-refractivity contribution in [2.24, 2.45) is 0 Å². The third-order valence-electron chi connectivity index (χ3n) is 1.95. The van der Waals surface area contributed by atoms with E-state index in [1.165, 1.54) is 12.1 Å². The highest BCUT2D eigenvalue weighted by Gasteiger charge is 2.28. The fraction of sp³-hybridized carbons (Fsp3) is 0. The predicted octanol–water partition coefficient (Wildman–Crippen LogP) is -0.293. The van der Waals surface area contributed by atoms with E-state index in [-0.39, 0.29) is 4.85 Å². The summed E-state index contributed by atoms with van der Waals surface area (Å²) in [6.07, 6.45) is 0. The Balaban J connectivity index is 2.65. The molecule has 0 atom stereocenters. The predicted molar refractivity (Wildman–Crippen MR) is 52.0 cm³/mol. The van der Waals surface area contributed by atoms with Crippen molar-refractivity contribution in [2.45, 2.75) is 0 Å². The van der Waals surface area contributed by atoms with Gasteiger partial charge in [-0.15, -0.1) is 0 Å². The zero-order chi connectivity index (χ0) is 11.7. The van der Waals surface area contributed by atoms with Crippen LogP contribution in [0.5, 0.6) is 0 Å². The van der Waals surface area contributed by atoms with Crippen molar-refractivity contribution in [3.63, 3.8) is 0 Å². The molecule has 0 unspecified atom stereocenters. The molecule has 0 aliphatic heterocycles. The molecule has 0 amide bonds. The average molecular weight is 222 g/mol. The highest BCUT2D eigenvalue weighted by atomic mass is 16.6. The van der Waals surface area contributed by atoms with Gasteiger partial charge in [0.15, 0.2) is 0 Å². The molecule has 2 rings (SSSR count). The van der Waals surface area contributed by atoms with Crippen LogP contribution in [-0.2, 0) is 0 Å². The SMILES string of the molecule is O=c1[nH]n(-c2ccccc2)[n+]([O-])c1[N+](=O)[O-]. The maximum absolute atomic E-state index is 11.4. The summed E-state index contributed by atoms with van der Waals surface area (Å²) in [5.74, 6) is -1.05. The Hall–Kier alpha value is -2.64. The lowest BCUT2D eigenvalue weighted by molar-refractivity contribution is -0.728. The van der Waals surface area contributed by atoms with Gasteiger partial charge >= 0.3 is 11.4 Å². The van der Waals surface area contributed by atoms with Crippen molar-refractivity contribution in [1.29, 1.82) is 0 Å². The molecular weight excluding hydrogens is 216 g/mol. The summed E-state index contributed by atoms with van der Waals surface area (Å²) in [4.78, 5) is 21.2. The summed E-state index contributed by atoms with van der Waals surface area (Å²) in [5.41, 5.74) is -0.702. The minimum absolute atomic E-state index is 0.0856. The lowest BCUT2D eigenvalue weighted by Gasteiger charge is -2.00. The quantitative estimate of drug-likeness (QED) is 0.326. The monoisotopic (exact) mass is 222 g/mol. The van der Waals surface area contributed by atoms with E-state index in [2.05, 4.69) is 5.10 Å². The molecule has 1 aromatic carbocycles. The van der Waals surface area contributed by atoms with E-state index in [1.807, 2.05) is 0 Å². The fourth-order valence-corrected chi connectivity index (χ4v) is 1.26. The summed E-state index contributed by atoms with van der Waals surface area (Å²) in [6.45, 7) is 0. The molecule has 8 heteroatoms. The number of nitrogens with one attached hydrogen (secondary N) is 1. The van der Waals surface area contributed by atoms with E-state index < -0.39 is 16.3 Å². The molecular formula is C8H6N4O4. The molecule has 2 aromatic rings. The smallest absolute Gasteiger partial charge is 0.514 e. The first-order valence-corrected chi connectivity index (χ1v) is 4.26. The topological polar surface area (TPSA) is 108 Å². The first-order valence-electron chi connectivity index (χ1n) is 4.26. The van der Waals surface area contributed by atoms with Crippen molar-refractivity contribution in [3.05, 3.63) is 56.0 Å². The maximum atomic E-state index is 11.4. The Bertz CT molecular complexity index is 586. The van der Waals surface area contributed by atoms with Gasteiger partial charge in [-0.1, -0.05) is 23.3 Å². The van der Waals surface area contributed by atoms with E-state index in [0.717, 1.165) is 4.80 Å². The second-order valence-corrected chi connectivity index (χ2v) is 2.94. The zero-order valence-corrected chi connectivity index (χ0v) is 7.86. The average Bonchev–Trinajstić information content (AvgIpc) is 2.55. The number of nitrogens with zero attached hydrogens (tertiary/aromatic N) is 3. The highest BCUT2D eigenvalue weighted by molar-refractivity contribution is 5.27. The van der Waals surface area contributed by atoms with Gasteiger partial charge in [0.1, 0.15) is 5.69 Å². The van der Waals surface area contributed by atoms with Crippen molar-refractivity contribution in [1.82, 2.24) is 9.90 Å². The van der Waals surface area contributed by atoms with E-state index >= 15 is 0 Å². The summed E-state index contributed by atoms with van der Waals surface area (Å²) >= 11 is 0. The lowest BCUT2D eigenvalue weighted by atomic mass is 10.3. The van der Waals surface area contributed by atoms with Crippen LogP contribution in [0.3, 0.4) is 0 Å². The van der Waals surface area contributed by atoms with Crippen LogP contribution in [0.4, 0.5) is 5.82 Å². The number of nitro groups is 1. The molecule has 0 fully saturated rings. The fourth-order valence-electron chi connectivity index (χ4n) is 1.26. The van der Waals surface area contributed by atoms with Gasteiger partial charge in [-0.2, -0.15) is 0 Å². The number of aromatic amines is 1. The summed E-state index contributed by atoms with van der Waals surface area (Å²) < 4.78 is 0. The molecule has 16 heavy (non-hydrogen) atoms. The summed E-state index contributed by atoms with van der Waals surface area (Å²) in [6, 6.07) is 8.07. The largest absolute Gasteiger partial charge is 0.655 e. The highest BCUT2D eigenvalue weighted by Crippen LogP contribution is 2.03. The van der Waals surface area contributed by atoms with Crippen LogP contribution in [0.1, 0.15) is 0 Å². The number of hydrogen-bond donors (Lipinski definition) is 1. The Labute approximate surface area is 88.1 Å². The third kappa shape index (κ3) is 1.41. The van der Waals surface area contributed by atoms with Crippen LogP contribution in [0.15, 0.2) is 35.1 Å². The second-order valence-electron chi connectivity index (χ2n) is 2.94. The van der Waals surface area contributed by atoms with E-state index in [9.17, 15) is 20.1 Å². The minimum Gasteiger partial charge on any atom is -0.655 e. The number of para-hydroxylation sites is 1. The first-order chi connectivity index (χ1) is 7.61. The Morgan fingerprint density at radius 3 is 2.44 bits per heavy atom. The Morgan fingerprint density at radius 1 is 1.31 bits per heavy atom. The molecule has 0 saturated heterocycles. The van der Waals surface area contributed by atoms with E-state index in [4.69, 9.17) is 0 Å². The van der Waals surface area contributed by atoms with Crippen molar-refractivity contribution >= 4 is 5.82 Å². The molecule has 0 aliphatic carbocycles. The van der Waals surface area contributed by atoms with Gasteiger partial charge in [-0.05, 0) is 17.0 Å². The molecule has 0 bridgehead atoms. The number of rotatable bonds is 2. The number of H-pyrrole nitrogens is 1. The van der Waals surface area contributed by atoms with Gasteiger partial charge in [0.05, 0.1) is 0 Å². The van der Waals surface area contributed by atoms with Gasteiger partial charge in [-0.3, -0.25) is 0 Å². The first kappa shape index (κ1) is 9.90. The Kier molecular flexibility index (Phi) is 2.16. The standard InChI is InChI=1S/C8H6N4O4/c13-7-8(12(15)16)11(14)10(9-7)6-4-2-1-3-5-6/h1-5H,(H,9,13).